The van der Waals surface area contributed by atoms with Crippen molar-refractivity contribution in [3.05, 3.63) is 58.0 Å². The van der Waals surface area contributed by atoms with Crippen LogP contribution in [0.5, 0.6) is 0 Å². The van der Waals surface area contributed by atoms with E-state index < -0.39 is 0 Å². The second kappa shape index (κ2) is 4.96. The number of nitrogens with zero attached hydrogens (tertiary/aromatic N) is 3. The van der Waals surface area contributed by atoms with Crippen LogP contribution in [0.3, 0.4) is 0 Å². The molecular weight excluding hydrogens is 300 g/mol. The van der Waals surface area contributed by atoms with Crippen molar-refractivity contribution in [2.75, 3.05) is 16.8 Å². The zero-order valence-electron chi connectivity index (χ0n) is 11.5. The van der Waals surface area contributed by atoms with Gasteiger partial charge in [-0.1, -0.05) is 12.1 Å². The third-order valence-corrected chi connectivity index (χ3v) is 4.32. The van der Waals surface area contributed by atoms with Gasteiger partial charge in [0.05, 0.1) is 30.2 Å². The first kappa shape index (κ1) is 13.0. The van der Waals surface area contributed by atoms with E-state index in [1.807, 2.05) is 34.5 Å². The third kappa shape index (κ3) is 2.15. The fourth-order valence-corrected chi connectivity index (χ4v) is 3.35. The molecule has 0 spiro atoms. The molecule has 1 N–H and O–H groups in total. The van der Waals surface area contributed by atoms with Crippen molar-refractivity contribution >= 4 is 33.6 Å². The van der Waals surface area contributed by atoms with Crippen molar-refractivity contribution in [1.82, 2.24) is 9.38 Å². The molecule has 7 heteroatoms. The van der Waals surface area contributed by atoms with E-state index in [4.69, 9.17) is 0 Å². The Kier molecular flexibility index (Phi) is 2.93. The van der Waals surface area contributed by atoms with Crippen LogP contribution in [0, 0.1) is 0 Å². The number of carbonyl (C=O) groups is 1. The molecule has 0 unspecified atom stereocenters. The Morgan fingerprint density at radius 3 is 3.05 bits per heavy atom. The maximum Gasteiger partial charge on any atom is 0.258 e. The SMILES string of the molecule is O=C1CN(Cc2cc(=O)n3ccsc3n2)c2ccccc2N1. The average molecular weight is 312 g/mol. The van der Waals surface area contributed by atoms with Gasteiger partial charge in [-0.25, -0.2) is 4.98 Å². The number of carbonyl (C=O) groups excluding carboxylic acids is 1. The van der Waals surface area contributed by atoms with Crippen molar-refractivity contribution < 1.29 is 4.79 Å². The number of rotatable bonds is 2. The topological polar surface area (TPSA) is 66.7 Å². The average Bonchev–Trinajstić information content (AvgIpc) is 2.96. The number of anilines is 2. The highest BCUT2D eigenvalue weighted by molar-refractivity contribution is 7.15. The maximum absolute atomic E-state index is 12.0. The summed E-state index contributed by atoms with van der Waals surface area (Å²) in [5.74, 6) is -0.0624. The minimum Gasteiger partial charge on any atom is -0.355 e. The highest BCUT2D eigenvalue weighted by atomic mass is 32.1. The van der Waals surface area contributed by atoms with Crippen LogP contribution in [0.1, 0.15) is 5.69 Å². The van der Waals surface area contributed by atoms with Crippen LogP contribution in [0.4, 0.5) is 11.4 Å². The van der Waals surface area contributed by atoms with E-state index >= 15 is 0 Å². The molecule has 1 aromatic carbocycles. The van der Waals surface area contributed by atoms with Gasteiger partial charge in [-0.3, -0.25) is 14.0 Å². The van der Waals surface area contributed by atoms with Crippen LogP contribution in [-0.2, 0) is 11.3 Å². The minimum atomic E-state index is -0.101. The molecule has 22 heavy (non-hydrogen) atoms. The lowest BCUT2D eigenvalue weighted by atomic mass is 10.2. The van der Waals surface area contributed by atoms with Gasteiger partial charge in [-0.2, -0.15) is 0 Å². The summed E-state index contributed by atoms with van der Waals surface area (Å²) < 4.78 is 1.52. The Labute approximate surface area is 129 Å². The lowest BCUT2D eigenvalue weighted by molar-refractivity contribution is -0.115. The number of fused-ring (bicyclic) bond motifs is 2. The Morgan fingerprint density at radius 2 is 2.14 bits per heavy atom. The van der Waals surface area contributed by atoms with Crippen LogP contribution in [0.2, 0.25) is 0 Å². The Morgan fingerprint density at radius 1 is 1.27 bits per heavy atom. The van der Waals surface area contributed by atoms with Crippen molar-refractivity contribution in [3.63, 3.8) is 0 Å². The van der Waals surface area contributed by atoms with Gasteiger partial charge in [-0.05, 0) is 12.1 Å². The molecule has 0 saturated heterocycles. The van der Waals surface area contributed by atoms with E-state index in [1.54, 1.807) is 6.20 Å². The molecule has 0 fully saturated rings. The molecule has 3 aromatic rings. The van der Waals surface area contributed by atoms with Crippen molar-refractivity contribution in [2.45, 2.75) is 6.54 Å². The smallest absolute Gasteiger partial charge is 0.258 e. The molecule has 1 aliphatic rings. The second-order valence-electron chi connectivity index (χ2n) is 5.06. The standard InChI is InChI=1S/C15H12N4O2S/c20-13-9-18(12-4-2-1-3-11(12)17-13)8-10-7-14(21)19-5-6-22-15(19)16-10/h1-7H,8-9H2,(H,17,20). The molecular formula is C15H12N4O2S. The molecule has 1 aliphatic heterocycles. The zero-order chi connectivity index (χ0) is 15.1. The van der Waals surface area contributed by atoms with Crippen molar-refractivity contribution in [2.24, 2.45) is 0 Å². The van der Waals surface area contributed by atoms with Crippen LogP contribution in [0.15, 0.2) is 46.7 Å². The Bertz CT molecular complexity index is 930. The van der Waals surface area contributed by atoms with Gasteiger partial charge in [-0.15, -0.1) is 11.3 Å². The molecule has 0 saturated carbocycles. The van der Waals surface area contributed by atoms with Gasteiger partial charge < -0.3 is 10.2 Å². The molecule has 6 nitrogen and oxygen atoms in total. The molecule has 0 bridgehead atoms. The van der Waals surface area contributed by atoms with E-state index in [2.05, 4.69) is 10.3 Å². The molecule has 2 aromatic heterocycles. The molecule has 0 aliphatic carbocycles. The minimum absolute atomic E-state index is 0.0624. The first-order valence-corrected chi connectivity index (χ1v) is 7.68. The van der Waals surface area contributed by atoms with Gasteiger partial charge in [0.1, 0.15) is 0 Å². The Hall–Kier alpha value is -2.67. The van der Waals surface area contributed by atoms with Crippen LogP contribution in [-0.4, -0.2) is 21.8 Å². The Balaban J connectivity index is 1.73. The van der Waals surface area contributed by atoms with Crippen LogP contribution < -0.4 is 15.8 Å². The molecule has 0 atom stereocenters. The number of hydrogen-bond donors (Lipinski definition) is 1. The molecule has 0 radical (unpaired) electrons. The maximum atomic E-state index is 12.0. The van der Waals surface area contributed by atoms with Gasteiger partial charge >= 0.3 is 0 Å². The number of benzene rings is 1. The highest BCUT2D eigenvalue weighted by Gasteiger charge is 2.22. The normalized spacial score (nSPS) is 14.0. The fraction of sp³-hybridized carbons (Fsp3) is 0.133. The lowest BCUT2D eigenvalue weighted by Gasteiger charge is -2.30. The number of thiazole rings is 1. The molecule has 110 valence electrons. The van der Waals surface area contributed by atoms with Crippen molar-refractivity contribution in [1.29, 1.82) is 0 Å². The summed E-state index contributed by atoms with van der Waals surface area (Å²) in [5, 5.41) is 4.68. The first-order chi connectivity index (χ1) is 10.7. The van der Waals surface area contributed by atoms with Gasteiger partial charge in [0, 0.05) is 17.6 Å². The summed E-state index contributed by atoms with van der Waals surface area (Å²) in [5.41, 5.74) is 2.29. The van der Waals surface area contributed by atoms with Crippen molar-refractivity contribution in [3.8, 4) is 0 Å². The summed E-state index contributed by atoms with van der Waals surface area (Å²) in [6.45, 7) is 0.677. The second-order valence-corrected chi connectivity index (χ2v) is 5.94. The summed E-state index contributed by atoms with van der Waals surface area (Å²) in [7, 11) is 0. The van der Waals surface area contributed by atoms with Crippen LogP contribution >= 0.6 is 11.3 Å². The van der Waals surface area contributed by atoms with Gasteiger partial charge in [0.15, 0.2) is 4.96 Å². The van der Waals surface area contributed by atoms with E-state index in [-0.39, 0.29) is 18.0 Å². The summed E-state index contributed by atoms with van der Waals surface area (Å²) >= 11 is 1.42. The molecule has 4 rings (SSSR count). The van der Waals surface area contributed by atoms with E-state index in [1.165, 1.54) is 21.8 Å². The number of para-hydroxylation sites is 2. The van der Waals surface area contributed by atoms with E-state index in [9.17, 15) is 9.59 Å². The summed E-state index contributed by atoms with van der Waals surface area (Å²) in [4.78, 5) is 31.0. The third-order valence-electron chi connectivity index (χ3n) is 3.56. The number of amides is 1. The highest BCUT2D eigenvalue weighted by Crippen LogP contribution is 2.29. The predicted molar refractivity (Wildman–Crippen MR) is 85.5 cm³/mol. The lowest BCUT2D eigenvalue weighted by Crippen LogP contribution is -2.38. The monoisotopic (exact) mass is 312 g/mol. The zero-order valence-corrected chi connectivity index (χ0v) is 12.3. The van der Waals surface area contributed by atoms with Gasteiger partial charge in [0.2, 0.25) is 5.91 Å². The molecule has 3 heterocycles. The van der Waals surface area contributed by atoms with Gasteiger partial charge in [0.25, 0.3) is 5.56 Å². The number of hydrogen-bond acceptors (Lipinski definition) is 5. The summed E-state index contributed by atoms with van der Waals surface area (Å²) in [6.07, 6.45) is 1.71. The van der Waals surface area contributed by atoms with E-state index in [0.29, 0.717) is 17.2 Å². The van der Waals surface area contributed by atoms with Crippen LogP contribution in [0.25, 0.3) is 4.96 Å². The summed E-state index contributed by atoms with van der Waals surface area (Å²) in [6, 6.07) is 9.14. The number of nitrogens with one attached hydrogen (secondary N) is 1. The number of aromatic nitrogens is 2. The van der Waals surface area contributed by atoms with E-state index in [0.717, 1.165) is 11.4 Å². The largest absolute Gasteiger partial charge is 0.355 e. The first-order valence-electron chi connectivity index (χ1n) is 6.80. The fourth-order valence-electron chi connectivity index (χ4n) is 2.61. The molecule has 1 amide bonds. The predicted octanol–water partition coefficient (Wildman–Crippen LogP) is 1.71. The quantitative estimate of drug-likeness (QED) is 0.782.